The van der Waals surface area contributed by atoms with Crippen molar-refractivity contribution in [3.63, 3.8) is 0 Å². The van der Waals surface area contributed by atoms with E-state index in [1.54, 1.807) is 7.05 Å². The first-order valence-corrected chi connectivity index (χ1v) is 4.28. The van der Waals surface area contributed by atoms with Gasteiger partial charge in [-0.25, -0.2) is 8.78 Å². The van der Waals surface area contributed by atoms with Gasteiger partial charge in [0.1, 0.15) is 12.0 Å². The number of halogens is 2. The van der Waals surface area contributed by atoms with E-state index < -0.39 is 6.17 Å². The second kappa shape index (κ2) is 4.92. The molecule has 0 aliphatic carbocycles. The van der Waals surface area contributed by atoms with Crippen LogP contribution in [0, 0.1) is 5.82 Å². The highest BCUT2D eigenvalue weighted by Crippen LogP contribution is 2.20. The molecule has 0 saturated heterocycles. The van der Waals surface area contributed by atoms with Crippen molar-refractivity contribution >= 4 is 0 Å². The van der Waals surface area contributed by atoms with Gasteiger partial charge in [-0.15, -0.1) is 0 Å². The highest BCUT2D eigenvalue weighted by atomic mass is 19.1. The maximum absolute atomic E-state index is 13.3. The van der Waals surface area contributed by atoms with Gasteiger partial charge in [0.25, 0.3) is 0 Å². The molecule has 72 valence electrons. The zero-order chi connectivity index (χ0) is 9.68. The number of hydrogen-bond donors (Lipinski definition) is 1. The van der Waals surface area contributed by atoms with Crippen LogP contribution in [0.4, 0.5) is 8.78 Å². The summed E-state index contributed by atoms with van der Waals surface area (Å²) in [6, 6.07) is 5.52. The van der Waals surface area contributed by atoms with Gasteiger partial charge >= 0.3 is 0 Å². The summed E-state index contributed by atoms with van der Waals surface area (Å²) in [4.78, 5) is 0. The molecule has 0 bridgehead atoms. The van der Waals surface area contributed by atoms with Crippen LogP contribution in [-0.4, -0.2) is 13.6 Å². The summed E-state index contributed by atoms with van der Waals surface area (Å²) in [5, 5.41) is 2.87. The molecule has 1 aromatic rings. The van der Waals surface area contributed by atoms with Gasteiger partial charge in [-0.1, -0.05) is 12.1 Å². The third-order valence-corrected chi connectivity index (χ3v) is 1.88. The molecule has 0 amide bonds. The lowest BCUT2D eigenvalue weighted by atomic mass is 10.1. The number of rotatable bonds is 4. The van der Waals surface area contributed by atoms with E-state index in [-0.39, 0.29) is 5.82 Å². The number of alkyl halides is 1. The smallest absolute Gasteiger partial charge is 0.126 e. The molecule has 0 spiro atoms. The minimum absolute atomic E-state index is 0.329. The predicted octanol–water partition coefficient (Wildman–Crippen LogP) is 2.45. The van der Waals surface area contributed by atoms with Gasteiger partial charge in [0.15, 0.2) is 0 Å². The Bertz CT molecular complexity index is 246. The molecule has 0 heterocycles. The van der Waals surface area contributed by atoms with E-state index in [4.69, 9.17) is 0 Å². The van der Waals surface area contributed by atoms with E-state index in [0.29, 0.717) is 18.5 Å². The van der Waals surface area contributed by atoms with Crippen LogP contribution in [0.3, 0.4) is 0 Å². The van der Waals surface area contributed by atoms with Crippen LogP contribution in [0.5, 0.6) is 0 Å². The monoisotopic (exact) mass is 185 g/mol. The molecule has 0 fully saturated rings. The average Bonchev–Trinajstić information content (AvgIpc) is 2.15. The molecule has 0 saturated carbocycles. The summed E-state index contributed by atoms with van der Waals surface area (Å²) < 4.78 is 25.8. The van der Waals surface area contributed by atoms with Crippen LogP contribution >= 0.6 is 0 Å². The molecule has 1 unspecified atom stereocenters. The molecule has 1 nitrogen and oxygen atoms in total. The number of hydrogen-bond acceptors (Lipinski definition) is 1. The standard InChI is InChI=1S/C10H13F2N/c1-13-7-6-10(12)8-2-4-9(11)5-3-8/h2-5,10,13H,6-7H2,1H3. The first kappa shape index (κ1) is 10.1. The Morgan fingerprint density at radius 1 is 1.31 bits per heavy atom. The minimum Gasteiger partial charge on any atom is -0.320 e. The highest BCUT2D eigenvalue weighted by molar-refractivity contribution is 5.18. The Balaban J connectivity index is 2.55. The lowest BCUT2D eigenvalue weighted by Gasteiger charge is -2.07. The summed E-state index contributed by atoms with van der Waals surface area (Å²) in [6.07, 6.45) is -0.588. The summed E-state index contributed by atoms with van der Waals surface area (Å²) in [6.45, 7) is 0.624. The van der Waals surface area contributed by atoms with Gasteiger partial charge in [0.2, 0.25) is 0 Å². The molecule has 0 aliphatic rings. The predicted molar refractivity (Wildman–Crippen MR) is 48.8 cm³/mol. The summed E-state index contributed by atoms with van der Waals surface area (Å²) in [7, 11) is 1.78. The maximum Gasteiger partial charge on any atom is 0.126 e. The molecule has 0 aliphatic heterocycles. The Kier molecular flexibility index (Phi) is 3.83. The lowest BCUT2D eigenvalue weighted by Crippen LogP contribution is -2.10. The first-order chi connectivity index (χ1) is 6.24. The van der Waals surface area contributed by atoms with Gasteiger partial charge in [0, 0.05) is 0 Å². The van der Waals surface area contributed by atoms with Gasteiger partial charge in [-0.3, -0.25) is 0 Å². The molecule has 1 aromatic carbocycles. The third-order valence-electron chi connectivity index (χ3n) is 1.88. The quantitative estimate of drug-likeness (QED) is 0.759. The molecule has 0 radical (unpaired) electrons. The van der Waals surface area contributed by atoms with E-state index >= 15 is 0 Å². The molecule has 1 N–H and O–H groups in total. The minimum atomic E-state index is -1.01. The molecule has 1 rings (SSSR count). The summed E-state index contributed by atoms with van der Waals surface area (Å²) >= 11 is 0. The normalized spacial score (nSPS) is 12.8. The van der Waals surface area contributed by atoms with Gasteiger partial charge in [-0.2, -0.15) is 0 Å². The van der Waals surface area contributed by atoms with Crippen LogP contribution in [0.2, 0.25) is 0 Å². The van der Waals surface area contributed by atoms with E-state index in [0.717, 1.165) is 0 Å². The largest absolute Gasteiger partial charge is 0.320 e. The van der Waals surface area contributed by atoms with Gasteiger partial charge < -0.3 is 5.32 Å². The average molecular weight is 185 g/mol. The van der Waals surface area contributed by atoms with Crippen molar-refractivity contribution in [3.05, 3.63) is 35.6 Å². The Morgan fingerprint density at radius 2 is 1.92 bits per heavy atom. The molecular formula is C10H13F2N. The lowest BCUT2D eigenvalue weighted by molar-refractivity contribution is 0.321. The zero-order valence-electron chi connectivity index (χ0n) is 7.56. The Morgan fingerprint density at radius 3 is 2.46 bits per heavy atom. The fraction of sp³-hybridized carbons (Fsp3) is 0.400. The van der Waals surface area contributed by atoms with E-state index in [1.165, 1.54) is 24.3 Å². The fourth-order valence-electron chi connectivity index (χ4n) is 1.11. The van der Waals surface area contributed by atoms with E-state index in [9.17, 15) is 8.78 Å². The van der Waals surface area contributed by atoms with Crippen molar-refractivity contribution in [1.82, 2.24) is 5.32 Å². The highest BCUT2D eigenvalue weighted by Gasteiger charge is 2.08. The maximum atomic E-state index is 13.3. The summed E-state index contributed by atoms with van der Waals surface area (Å²) in [5.41, 5.74) is 0.539. The van der Waals surface area contributed by atoms with Crippen molar-refractivity contribution in [2.45, 2.75) is 12.6 Å². The first-order valence-electron chi connectivity index (χ1n) is 4.28. The van der Waals surface area contributed by atoms with Crippen molar-refractivity contribution in [2.75, 3.05) is 13.6 Å². The SMILES string of the molecule is CNCCC(F)c1ccc(F)cc1. The van der Waals surface area contributed by atoms with Crippen molar-refractivity contribution in [3.8, 4) is 0 Å². The molecule has 3 heteroatoms. The van der Waals surface area contributed by atoms with Crippen molar-refractivity contribution < 1.29 is 8.78 Å². The van der Waals surface area contributed by atoms with E-state index in [1.807, 2.05) is 0 Å². The second-order valence-corrected chi connectivity index (χ2v) is 2.91. The van der Waals surface area contributed by atoms with Crippen LogP contribution in [0.25, 0.3) is 0 Å². The molecular weight excluding hydrogens is 172 g/mol. The molecule has 1 atom stereocenters. The third kappa shape index (κ3) is 3.11. The fourth-order valence-corrected chi connectivity index (χ4v) is 1.11. The van der Waals surface area contributed by atoms with Crippen LogP contribution < -0.4 is 5.32 Å². The molecule has 0 aromatic heterocycles. The van der Waals surface area contributed by atoms with Gasteiger partial charge in [-0.05, 0) is 37.7 Å². The number of benzene rings is 1. The van der Waals surface area contributed by atoms with Gasteiger partial charge in [0.05, 0.1) is 0 Å². The Hall–Kier alpha value is -0.960. The summed E-state index contributed by atoms with van der Waals surface area (Å²) in [5.74, 6) is -0.329. The van der Waals surface area contributed by atoms with Crippen molar-refractivity contribution in [1.29, 1.82) is 0 Å². The van der Waals surface area contributed by atoms with Crippen LogP contribution in [-0.2, 0) is 0 Å². The molecule has 13 heavy (non-hydrogen) atoms. The number of nitrogens with one attached hydrogen (secondary N) is 1. The van der Waals surface area contributed by atoms with Crippen LogP contribution in [0.15, 0.2) is 24.3 Å². The second-order valence-electron chi connectivity index (χ2n) is 2.91. The zero-order valence-corrected chi connectivity index (χ0v) is 7.56. The Labute approximate surface area is 76.8 Å². The van der Waals surface area contributed by atoms with Crippen LogP contribution in [0.1, 0.15) is 18.2 Å². The van der Waals surface area contributed by atoms with E-state index in [2.05, 4.69) is 5.32 Å². The topological polar surface area (TPSA) is 12.0 Å². The van der Waals surface area contributed by atoms with Crippen molar-refractivity contribution in [2.24, 2.45) is 0 Å².